The van der Waals surface area contributed by atoms with E-state index in [1.165, 1.54) is 22.3 Å². The minimum Gasteiger partial charge on any atom is -0.366 e. The van der Waals surface area contributed by atoms with Crippen LogP contribution < -0.4 is 11.1 Å². The smallest absolute Gasteiger partial charge is 0.241 e. The first kappa shape index (κ1) is 14.8. The highest BCUT2D eigenvalue weighted by molar-refractivity contribution is 5.43. The number of rotatable bonds is 2. The Morgan fingerprint density at radius 2 is 1.83 bits per heavy atom. The summed E-state index contributed by atoms with van der Waals surface area (Å²) < 4.78 is 1.92. The quantitative estimate of drug-likeness (QED) is 0.757. The van der Waals surface area contributed by atoms with E-state index >= 15 is 0 Å². The molecule has 3 aromatic rings. The molecule has 122 valence electrons. The van der Waals surface area contributed by atoms with Gasteiger partial charge in [0.15, 0.2) is 0 Å². The maximum absolute atomic E-state index is 5.86. The third-order valence-electron chi connectivity index (χ3n) is 4.73. The van der Waals surface area contributed by atoms with E-state index in [0.717, 1.165) is 12.4 Å². The molecule has 2 aromatic carbocycles. The molecule has 0 radical (unpaired) electrons. The molecular formula is C19H21N5. The fraction of sp³-hybridized carbons (Fsp3) is 0.263. The molecule has 0 saturated heterocycles. The lowest BCUT2D eigenvalue weighted by molar-refractivity contribution is 0.430. The molecular weight excluding hydrogens is 298 g/mol. The van der Waals surface area contributed by atoms with Gasteiger partial charge in [0.25, 0.3) is 0 Å². The van der Waals surface area contributed by atoms with Gasteiger partial charge in [-0.25, -0.2) is 4.68 Å². The molecule has 0 aliphatic carbocycles. The molecule has 1 aliphatic rings. The van der Waals surface area contributed by atoms with Crippen LogP contribution in [0.5, 0.6) is 0 Å². The van der Waals surface area contributed by atoms with Crippen molar-refractivity contribution in [3.63, 3.8) is 0 Å². The maximum Gasteiger partial charge on any atom is 0.241 e. The summed E-state index contributed by atoms with van der Waals surface area (Å²) in [5, 5.41) is 7.90. The molecule has 1 aliphatic heterocycles. The molecule has 0 spiro atoms. The van der Waals surface area contributed by atoms with Gasteiger partial charge in [-0.15, -0.1) is 5.10 Å². The first-order valence-corrected chi connectivity index (χ1v) is 8.22. The second-order valence-electron chi connectivity index (χ2n) is 6.45. The van der Waals surface area contributed by atoms with Crippen LogP contribution in [-0.2, 0) is 0 Å². The van der Waals surface area contributed by atoms with Crippen molar-refractivity contribution in [2.24, 2.45) is 0 Å². The van der Waals surface area contributed by atoms with Gasteiger partial charge in [0, 0.05) is 0 Å². The lowest BCUT2D eigenvalue weighted by Gasteiger charge is -2.32. The number of fused-ring (bicyclic) bond motifs is 1. The van der Waals surface area contributed by atoms with E-state index in [1.807, 2.05) is 4.68 Å². The second-order valence-corrected chi connectivity index (χ2v) is 6.45. The van der Waals surface area contributed by atoms with Crippen molar-refractivity contribution < 1.29 is 0 Å². The Kier molecular flexibility index (Phi) is 3.49. The lowest BCUT2D eigenvalue weighted by atomic mass is 9.91. The van der Waals surface area contributed by atoms with Gasteiger partial charge in [0.1, 0.15) is 0 Å². The van der Waals surface area contributed by atoms with Crippen LogP contribution in [0.2, 0.25) is 0 Å². The van der Waals surface area contributed by atoms with Crippen molar-refractivity contribution in [1.29, 1.82) is 0 Å². The van der Waals surface area contributed by atoms with E-state index in [4.69, 9.17) is 5.73 Å². The van der Waals surface area contributed by atoms with Gasteiger partial charge in [-0.05, 0) is 37.0 Å². The van der Waals surface area contributed by atoms with Crippen molar-refractivity contribution in [3.05, 3.63) is 70.8 Å². The van der Waals surface area contributed by atoms with Crippen molar-refractivity contribution in [2.45, 2.75) is 32.4 Å². The zero-order chi connectivity index (χ0) is 16.7. The SMILES string of the molecule is Cc1ccc([C@@H]2C[C@H](c3ccccc3C)n3nc(N)nc3N2)cc1. The zero-order valence-electron chi connectivity index (χ0n) is 13.9. The van der Waals surface area contributed by atoms with Crippen molar-refractivity contribution in [2.75, 3.05) is 11.1 Å². The average Bonchev–Trinajstić information content (AvgIpc) is 2.95. The van der Waals surface area contributed by atoms with Crippen LogP contribution in [0.25, 0.3) is 0 Å². The monoisotopic (exact) mass is 319 g/mol. The molecule has 4 rings (SSSR count). The van der Waals surface area contributed by atoms with Crippen LogP contribution >= 0.6 is 0 Å². The number of hydrogen-bond donors (Lipinski definition) is 2. The second kappa shape index (κ2) is 5.67. The van der Waals surface area contributed by atoms with Crippen LogP contribution in [0.3, 0.4) is 0 Å². The number of hydrogen-bond acceptors (Lipinski definition) is 4. The minimum absolute atomic E-state index is 0.124. The number of nitrogens with two attached hydrogens (primary N) is 1. The van der Waals surface area contributed by atoms with E-state index in [9.17, 15) is 0 Å². The third kappa shape index (κ3) is 2.52. The van der Waals surface area contributed by atoms with Gasteiger partial charge in [-0.3, -0.25) is 0 Å². The highest BCUT2D eigenvalue weighted by Crippen LogP contribution is 2.38. The molecule has 0 unspecified atom stereocenters. The lowest BCUT2D eigenvalue weighted by Crippen LogP contribution is -2.28. The predicted molar refractivity (Wildman–Crippen MR) is 95.9 cm³/mol. The summed E-state index contributed by atoms with van der Waals surface area (Å²) in [5.41, 5.74) is 10.9. The van der Waals surface area contributed by atoms with Gasteiger partial charge in [-0.2, -0.15) is 4.98 Å². The third-order valence-corrected chi connectivity index (χ3v) is 4.73. The van der Waals surface area contributed by atoms with Gasteiger partial charge >= 0.3 is 0 Å². The molecule has 24 heavy (non-hydrogen) atoms. The van der Waals surface area contributed by atoms with Crippen LogP contribution in [-0.4, -0.2) is 14.8 Å². The van der Waals surface area contributed by atoms with Crippen molar-refractivity contribution in [3.8, 4) is 0 Å². The standard InChI is InChI=1S/C19H21N5/c1-12-7-9-14(10-8-12)16-11-17(15-6-4-3-5-13(15)2)24-19(21-16)22-18(20)23-24/h3-10,16-17H,11H2,1-2H3,(H3,20,21,22,23)/t16-,17+/m0/s1. The highest BCUT2D eigenvalue weighted by atomic mass is 15.4. The Hall–Kier alpha value is -2.82. The number of anilines is 2. The normalized spacial score (nSPS) is 19.6. The first-order valence-electron chi connectivity index (χ1n) is 8.22. The zero-order valence-corrected chi connectivity index (χ0v) is 13.9. The number of aromatic nitrogens is 3. The average molecular weight is 319 g/mol. The molecule has 5 heteroatoms. The summed E-state index contributed by atoms with van der Waals surface area (Å²) in [7, 11) is 0. The maximum atomic E-state index is 5.86. The summed E-state index contributed by atoms with van der Waals surface area (Å²) in [6.45, 7) is 4.24. The van der Waals surface area contributed by atoms with Crippen LogP contribution in [0.4, 0.5) is 11.9 Å². The number of nitrogen functional groups attached to an aromatic ring is 1. The summed E-state index contributed by atoms with van der Waals surface area (Å²) in [5.74, 6) is 1.04. The van der Waals surface area contributed by atoms with Gasteiger partial charge in [0.05, 0.1) is 12.1 Å². The van der Waals surface area contributed by atoms with Gasteiger partial charge < -0.3 is 11.1 Å². The van der Waals surface area contributed by atoms with Crippen LogP contribution in [0.1, 0.15) is 40.8 Å². The van der Waals surface area contributed by atoms with Crippen LogP contribution in [0, 0.1) is 13.8 Å². The summed E-state index contributed by atoms with van der Waals surface area (Å²) in [6, 6.07) is 17.4. The Bertz CT molecular complexity index is 866. The molecule has 0 saturated carbocycles. The summed E-state index contributed by atoms with van der Waals surface area (Å²) >= 11 is 0. The molecule has 0 amide bonds. The summed E-state index contributed by atoms with van der Waals surface area (Å²) in [4.78, 5) is 4.37. The van der Waals surface area contributed by atoms with Gasteiger partial charge in [-0.1, -0.05) is 54.1 Å². The topological polar surface area (TPSA) is 68.8 Å². The Morgan fingerprint density at radius 1 is 1.08 bits per heavy atom. The number of aryl methyl sites for hydroxylation is 2. The highest BCUT2D eigenvalue weighted by Gasteiger charge is 2.31. The van der Waals surface area contributed by atoms with Crippen LogP contribution in [0.15, 0.2) is 48.5 Å². The molecule has 2 heterocycles. The van der Waals surface area contributed by atoms with E-state index in [1.54, 1.807) is 0 Å². The molecule has 2 atom stereocenters. The first-order chi connectivity index (χ1) is 11.6. The predicted octanol–water partition coefficient (Wildman–Crippen LogP) is 3.62. The Labute approximate surface area is 141 Å². The summed E-state index contributed by atoms with van der Waals surface area (Å²) in [6.07, 6.45) is 0.906. The number of benzene rings is 2. The Morgan fingerprint density at radius 3 is 2.58 bits per heavy atom. The van der Waals surface area contributed by atoms with E-state index < -0.39 is 0 Å². The molecule has 1 aromatic heterocycles. The molecule has 5 nitrogen and oxygen atoms in total. The van der Waals surface area contributed by atoms with Crippen molar-refractivity contribution >= 4 is 11.9 Å². The van der Waals surface area contributed by atoms with E-state index in [2.05, 4.69) is 77.8 Å². The number of nitrogens with zero attached hydrogens (tertiary/aromatic N) is 3. The van der Waals surface area contributed by atoms with E-state index in [-0.39, 0.29) is 12.1 Å². The minimum atomic E-state index is 0.124. The Balaban J connectivity index is 1.78. The number of nitrogens with one attached hydrogen (secondary N) is 1. The largest absolute Gasteiger partial charge is 0.366 e. The molecule has 3 N–H and O–H groups in total. The fourth-order valence-corrected chi connectivity index (χ4v) is 3.43. The molecule has 0 bridgehead atoms. The fourth-order valence-electron chi connectivity index (χ4n) is 3.43. The van der Waals surface area contributed by atoms with E-state index in [0.29, 0.717) is 5.95 Å². The van der Waals surface area contributed by atoms with Gasteiger partial charge in [0.2, 0.25) is 11.9 Å². The van der Waals surface area contributed by atoms with Crippen molar-refractivity contribution in [1.82, 2.24) is 14.8 Å². The molecule has 0 fully saturated rings.